The van der Waals surface area contributed by atoms with E-state index in [1.165, 1.54) is 12.1 Å². The molecule has 0 amide bonds. The maximum atomic E-state index is 17.5. The highest BCUT2D eigenvalue weighted by molar-refractivity contribution is 6.04. The Balaban J connectivity index is 1.35. The monoisotopic (exact) mass is 578 g/mol. The number of halogens is 2. The fourth-order valence-electron chi connectivity index (χ4n) is 12.5. The van der Waals surface area contributed by atoms with Crippen molar-refractivity contribution in [1.82, 2.24) is 0 Å². The smallest absolute Gasteiger partial charge is 0.313 e. The number of ketones is 1. The van der Waals surface area contributed by atoms with Gasteiger partial charge in [-0.05, 0) is 115 Å². The molecule has 1 saturated heterocycles. The number of carbonyl (C=O) groups is 2. The summed E-state index contributed by atoms with van der Waals surface area (Å²) >= 11 is 0. The molecule has 1 spiro atoms. The van der Waals surface area contributed by atoms with E-state index in [1.54, 1.807) is 6.07 Å². The molecular weight excluding hydrogens is 530 g/mol. The predicted molar refractivity (Wildman–Crippen MR) is 159 cm³/mol. The summed E-state index contributed by atoms with van der Waals surface area (Å²) in [6, 6.07) is 6.41. The molecule has 0 unspecified atom stereocenters. The number of carbonyl (C=O) groups excluding carboxylic acids is 2. The fraction of sp³-hybridized carbons (Fsp3) is 0.730. The van der Waals surface area contributed by atoms with E-state index in [4.69, 9.17) is 4.74 Å². The van der Waals surface area contributed by atoms with Gasteiger partial charge in [-0.25, -0.2) is 8.78 Å². The molecule has 0 N–H and O–H groups in total. The van der Waals surface area contributed by atoms with Gasteiger partial charge in [0.2, 0.25) is 0 Å². The molecule has 2 bridgehead atoms. The molecule has 0 radical (unpaired) electrons. The van der Waals surface area contributed by atoms with Crippen LogP contribution in [0, 0.1) is 56.1 Å². The van der Waals surface area contributed by atoms with Gasteiger partial charge in [0.05, 0.1) is 5.41 Å². The minimum atomic E-state index is -1.24. The fourth-order valence-corrected chi connectivity index (χ4v) is 12.5. The maximum absolute atomic E-state index is 17.5. The van der Waals surface area contributed by atoms with E-state index >= 15 is 4.39 Å². The van der Waals surface area contributed by atoms with E-state index in [-0.39, 0.29) is 51.6 Å². The van der Waals surface area contributed by atoms with Crippen LogP contribution < -0.4 is 0 Å². The van der Waals surface area contributed by atoms with Crippen LogP contribution in [-0.2, 0) is 14.3 Å². The van der Waals surface area contributed by atoms with Gasteiger partial charge in [-0.3, -0.25) is 9.59 Å². The normalized spacial score (nSPS) is 49.4. The number of alkyl halides is 1. The molecule has 1 heterocycles. The van der Waals surface area contributed by atoms with Crippen molar-refractivity contribution in [3.05, 3.63) is 41.2 Å². The van der Waals surface area contributed by atoms with Crippen LogP contribution in [0.5, 0.6) is 0 Å². The average Bonchev–Trinajstić information content (AvgIpc) is 3.08. The molecule has 5 heteroatoms. The van der Waals surface area contributed by atoms with Gasteiger partial charge in [-0.15, -0.1) is 0 Å². The average molecular weight is 579 g/mol. The molecule has 6 aliphatic rings. The van der Waals surface area contributed by atoms with Gasteiger partial charge in [0.25, 0.3) is 0 Å². The summed E-state index contributed by atoms with van der Waals surface area (Å²) in [5, 5.41) is 0. The number of Topliss-reactive ketones (excluding diaryl/α,β-unsaturated/α-hetero) is 1. The Hall–Kier alpha value is -2.04. The Labute approximate surface area is 250 Å². The van der Waals surface area contributed by atoms with Gasteiger partial charge in [-0.1, -0.05) is 60.6 Å². The molecule has 3 nitrogen and oxygen atoms in total. The first-order chi connectivity index (χ1) is 19.5. The number of fused-ring (bicyclic) bond motifs is 4. The van der Waals surface area contributed by atoms with Crippen LogP contribution in [0.3, 0.4) is 0 Å². The summed E-state index contributed by atoms with van der Waals surface area (Å²) in [5.74, 6) is -0.275. The molecule has 42 heavy (non-hydrogen) atoms. The van der Waals surface area contributed by atoms with Crippen molar-refractivity contribution in [1.29, 1.82) is 0 Å². The molecule has 6 fully saturated rings. The minimum Gasteiger partial charge on any atom is -0.455 e. The topological polar surface area (TPSA) is 43.4 Å². The predicted octanol–water partition coefficient (Wildman–Crippen LogP) is 8.90. The third-order valence-corrected chi connectivity index (χ3v) is 14.8. The third-order valence-electron chi connectivity index (χ3n) is 14.8. The van der Waals surface area contributed by atoms with Crippen LogP contribution in [0.15, 0.2) is 29.8 Å². The van der Waals surface area contributed by atoms with E-state index in [9.17, 15) is 14.0 Å². The summed E-state index contributed by atoms with van der Waals surface area (Å²) in [6.07, 6.45) is 7.56. The number of rotatable bonds is 1. The highest BCUT2D eigenvalue weighted by Gasteiger charge is 2.84. The third kappa shape index (κ3) is 3.22. The number of esters is 1. The zero-order valence-electron chi connectivity index (χ0n) is 26.5. The SMILES string of the molecule is CC1(C)CC[C@@]23CC[C@]4(C)[C@](OC2=O)([C@H](F)C[C@@H]2[C@@]5(C)C/C(=C\c6cccc(F)c6)C(=O)C(C)(C)[C@@H]5CC[C@]24C)[C@@H]3C1. The van der Waals surface area contributed by atoms with Crippen molar-refractivity contribution >= 4 is 17.8 Å². The lowest BCUT2D eigenvalue weighted by Crippen LogP contribution is -2.75. The second kappa shape index (κ2) is 8.36. The summed E-state index contributed by atoms with van der Waals surface area (Å²) in [6.45, 7) is 15.6. The summed E-state index contributed by atoms with van der Waals surface area (Å²) in [7, 11) is 0. The Morgan fingerprint density at radius 2 is 1.62 bits per heavy atom. The Morgan fingerprint density at radius 1 is 0.905 bits per heavy atom. The van der Waals surface area contributed by atoms with Gasteiger partial charge in [-0.2, -0.15) is 0 Å². The Morgan fingerprint density at radius 3 is 2.33 bits per heavy atom. The van der Waals surface area contributed by atoms with Gasteiger partial charge >= 0.3 is 5.97 Å². The van der Waals surface area contributed by atoms with Crippen LogP contribution in [-0.4, -0.2) is 23.5 Å². The van der Waals surface area contributed by atoms with Gasteiger partial charge < -0.3 is 4.74 Å². The lowest BCUT2D eigenvalue weighted by molar-refractivity contribution is -0.299. The van der Waals surface area contributed by atoms with Gasteiger partial charge in [0.1, 0.15) is 12.0 Å². The number of ether oxygens (including phenoxy) is 1. The van der Waals surface area contributed by atoms with Crippen LogP contribution in [0.1, 0.15) is 112 Å². The highest BCUT2D eigenvalue weighted by Crippen LogP contribution is 2.81. The zero-order chi connectivity index (χ0) is 30.3. The standard InChI is InChI=1S/C37H48F2O3/c1-31(2)13-15-36-16-14-35(7)34(6)12-11-25-32(3,4)29(40)23(17-22-9-8-10-24(38)18-22)20-33(25,5)26(34)19-28(39)37(35,27(36)21-31)42-30(36)41/h8-10,17-18,25-28H,11-16,19-21H2,1-7H3/b23-17+/t25-,26+,27+,28+,33-,34+,35-,36-,37+/m0/s1. The van der Waals surface area contributed by atoms with E-state index in [0.29, 0.717) is 18.4 Å². The number of allylic oxidation sites excluding steroid dienone is 1. The minimum absolute atomic E-state index is 0.0288. The van der Waals surface area contributed by atoms with Crippen LogP contribution in [0.4, 0.5) is 8.78 Å². The Bertz CT molecular complexity index is 1410. The number of hydrogen-bond acceptors (Lipinski definition) is 3. The van der Waals surface area contributed by atoms with E-state index in [1.807, 2.05) is 12.1 Å². The second-order valence-corrected chi connectivity index (χ2v) is 17.3. The lowest BCUT2D eigenvalue weighted by atomic mass is 9.30. The largest absolute Gasteiger partial charge is 0.455 e. The van der Waals surface area contributed by atoms with Crippen molar-refractivity contribution < 1.29 is 23.1 Å². The molecule has 0 aromatic heterocycles. The molecule has 228 valence electrons. The second-order valence-electron chi connectivity index (χ2n) is 17.3. The van der Waals surface area contributed by atoms with Crippen molar-refractivity contribution in [3.8, 4) is 0 Å². The molecule has 1 aromatic rings. The van der Waals surface area contributed by atoms with Gasteiger partial charge in [0.15, 0.2) is 11.4 Å². The van der Waals surface area contributed by atoms with Crippen molar-refractivity contribution in [3.63, 3.8) is 0 Å². The van der Waals surface area contributed by atoms with E-state index < -0.39 is 28.0 Å². The highest BCUT2D eigenvalue weighted by atomic mass is 19.1. The summed E-state index contributed by atoms with van der Waals surface area (Å²) in [4.78, 5) is 27.8. The van der Waals surface area contributed by atoms with E-state index in [0.717, 1.165) is 50.5 Å². The lowest BCUT2D eigenvalue weighted by Gasteiger charge is -2.74. The first-order valence-electron chi connectivity index (χ1n) is 16.4. The molecule has 5 saturated carbocycles. The Kier molecular flexibility index (Phi) is 5.71. The molecule has 9 atom stereocenters. The quantitative estimate of drug-likeness (QED) is 0.247. The summed E-state index contributed by atoms with van der Waals surface area (Å²) in [5.41, 5.74) is -1.84. The van der Waals surface area contributed by atoms with Crippen LogP contribution in [0.25, 0.3) is 6.08 Å². The first kappa shape index (κ1) is 28.7. The maximum Gasteiger partial charge on any atom is 0.313 e. The number of hydrogen-bond donors (Lipinski definition) is 0. The van der Waals surface area contributed by atoms with Crippen molar-refractivity contribution in [2.45, 2.75) is 118 Å². The zero-order valence-corrected chi connectivity index (χ0v) is 26.5. The van der Waals surface area contributed by atoms with Gasteiger partial charge in [0, 0.05) is 16.7 Å². The molecule has 7 rings (SSSR count). The molecule has 1 aliphatic heterocycles. The summed E-state index contributed by atoms with van der Waals surface area (Å²) < 4.78 is 38.1. The van der Waals surface area contributed by atoms with E-state index in [2.05, 4.69) is 48.5 Å². The van der Waals surface area contributed by atoms with Crippen LogP contribution in [0.2, 0.25) is 0 Å². The van der Waals surface area contributed by atoms with Crippen LogP contribution >= 0.6 is 0 Å². The van der Waals surface area contributed by atoms with Crippen molar-refractivity contribution in [2.75, 3.05) is 0 Å². The number of benzene rings is 1. The molecular formula is C37H48F2O3. The molecule has 5 aliphatic carbocycles. The molecule has 1 aromatic carbocycles. The van der Waals surface area contributed by atoms with Crippen molar-refractivity contribution in [2.24, 2.45) is 50.2 Å². The first-order valence-corrected chi connectivity index (χ1v) is 16.4.